The normalized spacial score (nSPS) is 10.2. The zero-order valence-electron chi connectivity index (χ0n) is 7.91. The summed E-state index contributed by atoms with van der Waals surface area (Å²) in [4.78, 5) is 29.3. The molecule has 0 spiro atoms. The maximum atomic E-state index is 11.0. The maximum Gasteiger partial charge on any atom is 0.355 e. The van der Waals surface area contributed by atoms with Crippen LogP contribution in [0.3, 0.4) is 0 Å². The van der Waals surface area contributed by atoms with Crippen LogP contribution in [0.5, 0.6) is 0 Å². The third-order valence-electron chi connectivity index (χ3n) is 2.11. The Kier molecular flexibility index (Phi) is 2.24. The second-order valence-corrected chi connectivity index (χ2v) is 3.06. The minimum absolute atomic E-state index is 0.313. The number of aromatic carboxylic acids is 2. The number of aromatic nitrogens is 2. The van der Waals surface area contributed by atoms with Crippen LogP contribution < -0.4 is 0 Å². The summed E-state index contributed by atoms with van der Waals surface area (Å²) < 4.78 is 0. The number of carboxylic acid groups (broad SMARTS) is 2. The molecule has 0 radical (unpaired) electrons. The van der Waals surface area contributed by atoms with Crippen molar-refractivity contribution in [3.63, 3.8) is 0 Å². The predicted octanol–water partition coefficient (Wildman–Crippen LogP) is 1.03. The second-order valence-electron chi connectivity index (χ2n) is 3.06. The van der Waals surface area contributed by atoms with E-state index in [1.165, 1.54) is 24.7 Å². The first kappa shape index (κ1) is 10.0. The lowest BCUT2D eigenvalue weighted by atomic mass is 10.1. The van der Waals surface area contributed by atoms with Gasteiger partial charge in [0.05, 0.1) is 0 Å². The first-order valence-corrected chi connectivity index (χ1v) is 4.30. The summed E-state index contributed by atoms with van der Waals surface area (Å²) in [7, 11) is 0. The van der Waals surface area contributed by atoms with E-state index in [1.807, 2.05) is 0 Å². The minimum atomic E-state index is -1.36. The Hall–Kier alpha value is -2.50. The van der Waals surface area contributed by atoms with Crippen LogP contribution in [-0.2, 0) is 0 Å². The number of rotatable bonds is 2. The molecule has 0 unspecified atom stereocenters. The van der Waals surface area contributed by atoms with E-state index in [4.69, 9.17) is 10.2 Å². The van der Waals surface area contributed by atoms with Crippen molar-refractivity contribution in [2.45, 2.75) is 0 Å². The molecule has 0 aromatic carbocycles. The van der Waals surface area contributed by atoms with Gasteiger partial charge in [0.25, 0.3) is 0 Å². The first-order chi connectivity index (χ1) is 7.61. The highest BCUT2D eigenvalue weighted by atomic mass is 16.4. The van der Waals surface area contributed by atoms with Crippen LogP contribution in [0.4, 0.5) is 0 Å². The van der Waals surface area contributed by atoms with Crippen molar-refractivity contribution in [2.75, 3.05) is 0 Å². The molecule has 0 saturated carbocycles. The van der Waals surface area contributed by atoms with E-state index in [0.717, 1.165) is 0 Å². The number of hydrogen-bond acceptors (Lipinski definition) is 4. The van der Waals surface area contributed by atoms with Gasteiger partial charge < -0.3 is 10.2 Å². The monoisotopic (exact) mass is 218 g/mol. The van der Waals surface area contributed by atoms with Gasteiger partial charge in [-0.1, -0.05) is 0 Å². The molecular formula is C10H6N2O4. The summed E-state index contributed by atoms with van der Waals surface area (Å²) in [6, 6.07) is 1.45. The third kappa shape index (κ3) is 1.46. The first-order valence-electron chi connectivity index (χ1n) is 4.30. The molecule has 80 valence electrons. The Morgan fingerprint density at radius 1 is 1.12 bits per heavy atom. The van der Waals surface area contributed by atoms with Gasteiger partial charge in [0, 0.05) is 29.4 Å². The Balaban J connectivity index is 2.90. The molecule has 0 bridgehead atoms. The lowest BCUT2D eigenvalue weighted by Gasteiger charge is -2.04. The topological polar surface area (TPSA) is 100 Å². The molecule has 0 aliphatic carbocycles. The molecule has 0 amide bonds. The number of pyridine rings is 2. The van der Waals surface area contributed by atoms with Gasteiger partial charge in [-0.3, -0.25) is 4.98 Å². The Morgan fingerprint density at radius 2 is 1.88 bits per heavy atom. The Labute approximate surface area is 89.2 Å². The average molecular weight is 218 g/mol. The number of nitrogens with zero attached hydrogens (tertiary/aromatic N) is 2. The van der Waals surface area contributed by atoms with E-state index >= 15 is 0 Å². The molecule has 2 aromatic heterocycles. The molecule has 2 N–H and O–H groups in total. The van der Waals surface area contributed by atoms with Crippen molar-refractivity contribution >= 4 is 22.7 Å². The maximum absolute atomic E-state index is 11.0. The van der Waals surface area contributed by atoms with E-state index in [2.05, 4.69) is 9.97 Å². The molecule has 0 atom stereocenters. The van der Waals surface area contributed by atoms with Gasteiger partial charge in [0.1, 0.15) is 5.56 Å². The third-order valence-corrected chi connectivity index (χ3v) is 2.11. The standard InChI is InChI=1S/C10H6N2O4/c13-9(14)7-6-1-2-11-3-5(6)4-12-8(7)10(15)16/h1-4H,(H,13,14)(H,15,16). The molecule has 2 heterocycles. The molecule has 0 aliphatic heterocycles. The highest BCUT2D eigenvalue weighted by molar-refractivity contribution is 6.10. The van der Waals surface area contributed by atoms with Gasteiger partial charge in [-0.15, -0.1) is 0 Å². The van der Waals surface area contributed by atoms with Gasteiger partial charge in [-0.2, -0.15) is 0 Å². The summed E-state index contributed by atoms with van der Waals surface area (Å²) in [5, 5.41) is 18.6. The summed E-state index contributed by atoms with van der Waals surface area (Å²) in [6.07, 6.45) is 4.12. The molecule has 0 aliphatic rings. The molecule has 0 fully saturated rings. The molecular weight excluding hydrogens is 212 g/mol. The molecule has 6 nitrogen and oxygen atoms in total. The number of carbonyl (C=O) groups is 2. The minimum Gasteiger partial charge on any atom is -0.478 e. The fourth-order valence-corrected chi connectivity index (χ4v) is 1.44. The molecule has 2 rings (SSSR count). The second kappa shape index (κ2) is 3.58. The number of fused-ring (bicyclic) bond motifs is 1. The number of hydrogen-bond donors (Lipinski definition) is 2. The quantitative estimate of drug-likeness (QED) is 0.780. The lowest BCUT2D eigenvalue weighted by molar-refractivity contribution is 0.0648. The van der Waals surface area contributed by atoms with Crippen LogP contribution in [0, 0.1) is 0 Å². The fourth-order valence-electron chi connectivity index (χ4n) is 1.44. The molecule has 0 saturated heterocycles. The van der Waals surface area contributed by atoms with E-state index < -0.39 is 17.6 Å². The van der Waals surface area contributed by atoms with E-state index in [-0.39, 0.29) is 5.56 Å². The highest BCUT2D eigenvalue weighted by Crippen LogP contribution is 2.19. The largest absolute Gasteiger partial charge is 0.478 e. The zero-order chi connectivity index (χ0) is 11.7. The average Bonchev–Trinajstić information content (AvgIpc) is 2.27. The SMILES string of the molecule is O=C(O)c1ncc2cnccc2c1C(=O)O. The van der Waals surface area contributed by atoms with Gasteiger partial charge in [-0.25, -0.2) is 14.6 Å². The lowest BCUT2D eigenvalue weighted by Crippen LogP contribution is -2.11. The molecule has 16 heavy (non-hydrogen) atoms. The van der Waals surface area contributed by atoms with Crippen LogP contribution in [0.15, 0.2) is 24.7 Å². The summed E-state index contributed by atoms with van der Waals surface area (Å²) in [6.45, 7) is 0. The van der Waals surface area contributed by atoms with Crippen LogP contribution >= 0.6 is 0 Å². The Bertz CT molecular complexity index is 594. The smallest absolute Gasteiger partial charge is 0.355 e. The van der Waals surface area contributed by atoms with Crippen molar-refractivity contribution in [1.29, 1.82) is 0 Å². The summed E-state index contributed by atoms with van der Waals surface area (Å²) >= 11 is 0. The molecule has 2 aromatic rings. The van der Waals surface area contributed by atoms with Crippen LogP contribution in [-0.4, -0.2) is 32.1 Å². The van der Waals surface area contributed by atoms with E-state index in [9.17, 15) is 9.59 Å². The van der Waals surface area contributed by atoms with Crippen molar-refractivity contribution in [2.24, 2.45) is 0 Å². The van der Waals surface area contributed by atoms with Crippen LogP contribution in [0.2, 0.25) is 0 Å². The fraction of sp³-hybridized carbons (Fsp3) is 0. The van der Waals surface area contributed by atoms with Crippen molar-refractivity contribution < 1.29 is 19.8 Å². The molecule has 6 heteroatoms. The van der Waals surface area contributed by atoms with Gasteiger partial charge in [0.2, 0.25) is 0 Å². The summed E-state index contributed by atoms with van der Waals surface area (Å²) in [5.74, 6) is -2.68. The van der Waals surface area contributed by atoms with Gasteiger partial charge in [0.15, 0.2) is 5.69 Å². The van der Waals surface area contributed by atoms with Crippen LogP contribution in [0.25, 0.3) is 10.8 Å². The van der Waals surface area contributed by atoms with Crippen molar-refractivity contribution in [3.8, 4) is 0 Å². The van der Waals surface area contributed by atoms with E-state index in [1.54, 1.807) is 0 Å². The van der Waals surface area contributed by atoms with Gasteiger partial charge >= 0.3 is 11.9 Å². The van der Waals surface area contributed by atoms with Gasteiger partial charge in [-0.05, 0) is 6.07 Å². The Morgan fingerprint density at radius 3 is 2.50 bits per heavy atom. The summed E-state index contributed by atoms with van der Waals surface area (Å²) in [5.41, 5.74) is -0.779. The number of carboxylic acids is 2. The van der Waals surface area contributed by atoms with Crippen molar-refractivity contribution in [1.82, 2.24) is 9.97 Å². The zero-order valence-corrected chi connectivity index (χ0v) is 7.91. The predicted molar refractivity (Wildman–Crippen MR) is 53.5 cm³/mol. The van der Waals surface area contributed by atoms with Crippen molar-refractivity contribution in [3.05, 3.63) is 35.9 Å². The van der Waals surface area contributed by atoms with Crippen LogP contribution in [0.1, 0.15) is 20.8 Å². The highest BCUT2D eigenvalue weighted by Gasteiger charge is 2.20. The van der Waals surface area contributed by atoms with E-state index in [0.29, 0.717) is 10.8 Å².